The zero-order valence-corrected chi connectivity index (χ0v) is 11.4. The summed E-state index contributed by atoms with van der Waals surface area (Å²) in [5.41, 5.74) is 0.0817. The van der Waals surface area contributed by atoms with E-state index in [1.165, 1.54) is 12.3 Å². The molecule has 102 valence electrons. The van der Waals surface area contributed by atoms with Crippen molar-refractivity contribution in [3.63, 3.8) is 0 Å². The lowest BCUT2D eigenvalue weighted by atomic mass is 9.84. The van der Waals surface area contributed by atoms with Crippen molar-refractivity contribution in [2.24, 2.45) is 5.92 Å². The van der Waals surface area contributed by atoms with Crippen molar-refractivity contribution in [3.05, 3.63) is 29.8 Å². The molecule has 1 aromatic rings. The van der Waals surface area contributed by atoms with Crippen LogP contribution < -0.4 is 0 Å². The largest absolute Gasteiger partial charge is 0.294 e. The highest BCUT2D eigenvalue weighted by Crippen LogP contribution is 2.38. The Balaban J connectivity index is 1.82. The third-order valence-corrected chi connectivity index (χ3v) is 6.37. The van der Waals surface area contributed by atoms with Gasteiger partial charge in [0.1, 0.15) is 0 Å². The van der Waals surface area contributed by atoms with Crippen molar-refractivity contribution in [1.29, 1.82) is 0 Å². The molecule has 3 heterocycles. The van der Waals surface area contributed by atoms with Gasteiger partial charge in [-0.25, -0.2) is 4.98 Å². The number of rotatable bonds is 2. The molecule has 3 nitrogen and oxygen atoms in total. The maximum atomic E-state index is 13.6. The number of halogens is 1. The topological polar surface area (TPSA) is 47.0 Å². The van der Waals surface area contributed by atoms with Gasteiger partial charge in [0.05, 0.1) is 5.56 Å². The standard InChI is InChI=1S/C14H16FNO2S/c15-14-12(5-2-6-16-14)13(17)9-7-10-3-1-4-11(8-9)19(10)18/h2,5-6,9-11H,1,3-4,7-8H2. The van der Waals surface area contributed by atoms with E-state index in [1.807, 2.05) is 0 Å². The lowest BCUT2D eigenvalue weighted by Gasteiger charge is -2.37. The molecule has 2 aliphatic rings. The van der Waals surface area contributed by atoms with Crippen LogP contribution in [0.2, 0.25) is 0 Å². The van der Waals surface area contributed by atoms with E-state index in [0.717, 1.165) is 19.3 Å². The van der Waals surface area contributed by atoms with Crippen LogP contribution in [0.1, 0.15) is 42.5 Å². The Morgan fingerprint density at radius 3 is 2.63 bits per heavy atom. The number of ketones is 1. The Kier molecular flexibility index (Phi) is 3.48. The van der Waals surface area contributed by atoms with E-state index >= 15 is 0 Å². The summed E-state index contributed by atoms with van der Waals surface area (Å²) < 4.78 is 25.7. The number of carbonyl (C=O) groups excluding carboxylic acids is 1. The molecule has 2 aliphatic heterocycles. The summed E-state index contributed by atoms with van der Waals surface area (Å²) in [6.07, 6.45) is 5.58. The lowest BCUT2D eigenvalue weighted by Crippen LogP contribution is -2.41. The summed E-state index contributed by atoms with van der Waals surface area (Å²) in [4.78, 5) is 15.9. The molecule has 19 heavy (non-hydrogen) atoms. The maximum absolute atomic E-state index is 13.6. The Hall–Kier alpha value is -1.10. The third kappa shape index (κ3) is 2.36. The van der Waals surface area contributed by atoms with Crippen molar-refractivity contribution < 1.29 is 13.4 Å². The fraction of sp³-hybridized carbons (Fsp3) is 0.571. The number of aromatic nitrogens is 1. The molecule has 2 bridgehead atoms. The van der Waals surface area contributed by atoms with Crippen LogP contribution in [-0.4, -0.2) is 25.5 Å². The Morgan fingerprint density at radius 2 is 2.00 bits per heavy atom. The summed E-state index contributed by atoms with van der Waals surface area (Å²) in [6, 6.07) is 3.07. The van der Waals surface area contributed by atoms with Crippen LogP contribution in [0.25, 0.3) is 0 Å². The van der Waals surface area contributed by atoms with Gasteiger partial charge in [-0.1, -0.05) is 6.42 Å². The van der Waals surface area contributed by atoms with Crippen molar-refractivity contribution >= 4 is 16.6 Å². The molecule has 0 spiro atoms. The molecule has 3 rings (SSSR count). The summed E-state index contributed by atoms with van der Waals surface area (Å²) in [5, 5.41) is 0.252. The van der Waals surface area contributed by atoms with E-state index in [4.69, 9.17) is 0 Å². The molecule has 0 saturated carbocycles. The van der Waals surface area contributed by atoms with Gasteiger partial charge in [-0.2, -0.15) is 4.39 Å². The van der Waals surface area contributed by atoms with Gasteiger partial charge in [0.2, 0.25) is 5.95 Å². The fourth-order valence-electron chi connectivity index (χ4n) is 3.24. The second kappa shape index (κ2) is 5.12. The molecule has 1 aromatic heterocycles. The highest BCUT2D eigenvalue weighted by Gasteiger charge is 2.41. The van der Waals surface area contributed by atoms with Crippen molar-refractivity contribution in [2.75, 3.05) is 0 Å². The van der Waals surface area contributed by atoms with Crippen LogP contribution in [0.4, 0.5) is 4.39 Å². The third-order valence-electron chi connectivity index (χ3n) is 4.20. The first-order valence-corrected chi connectivity index (χ1v) is 7.98. The molecular weight excluding hydrogens is 265 g/mol. The first kappa shape index (κ1) is 12.9. The highest BCUT2D eigenvalue weighted by molar-refractivity contribution is 7.86. The van der Waals surface area contributed by atoms with E-state index in [9.17, 15) is 13.4 Å². The predicted molar refractivity (Wildman–Crippen MR) is 70.8 cm³/mol. The number of hydrogen-bond acceptors (Lipinski definition) is 3. The predicted octanol–water partition coefficient (Wildman–Crippen LogP) is 2.48. The van der Waals surface area contributed by atoms with Crippen LogP contribution in [0.5, 0.6) is 0 Å². The second-order valence-corrected chi connectivity index (χ2v) is 7.37. The van der Waals surface area contributed by atoms with E-state index < -0.39 is 16.7 Å². The summed E-state index contributed by atoms with van der Waals surface area (Å²) in [6.45, 7) is 0. The smallest absolute Gasteiger partial charge is 0.223 e. The van der Waals surface area contributed by atoms with E-state index in [1.54, 1.807) is 6.07 Å². The molecule has 2 fully saturated rings. The van der Waals surface area contributed by atoms with Gasteiger partial charge in [0.25, 0.3) is 0 Å². The first-order chi connectivity index (χ1) is 9.16. The molecule has 0 N–H and O–H groups in total. The van der Waals surface area contributed by atoms with Gasteiger partial charge in [-0.3, -0.25) is 9.00 Å². The molecule has 0 aromatic carbocycles. The Labute approximate surface area is 114 Å². The lowest BCUT2D eigenvalue weighted by molar-refractivity contribution is 0.0890. The highest BCUT2D eigenvalue weighted by atomic mass is 32.2. The number of hydrogen-bond donors (Lipinski definition) is 0. The van der Waals surface area contributed by atoms with E-state index in [2.05, 4.69) is 4.98 Å². The normalized spacial score (nSPS) is 33.9. The van der Waals surface area contributed by atoms with E-state index in [-0.39, 0.29) is 27.8 Å². The minimum atomic E-state index is -0.797. The van der Waals surface area contributed by atoms with Crippen LogP contribution in [-0.2, 0) is 10.8 Å². The minimum Gasteiger partial charge on any atom is -0.294 e. The van der Waals surface area contributed by atoms with Gasteiger partial charge in [0, 0.05) is 33.4 Å². The number of nitrogens with zero attached hydrogens (tertiary/aromatic N) is 1. The van der Waals surface area contributed by atoms with E-state index in [0.29, 0.717) is 12.8 Å². The van der Waals surface area contributed by atoms with Gasteiger partial charge in [-0.05, 0) is 37.8 Å². The van der Waals surface area contributed by atoms with Gasteiger partial charge in [0.15, 0.2) is 5.78 Å². The Bertz CT molecular complexity index is 518. The molecule has 2 atom stereocenters. The zero-order valence-electron chi connectivity index (χ0n) is 10.5. The molecule has 0 radical (unpaired) electrons. The van der Waals surface area contributed by atoms with Gasteiger partial charge < -0.3 is 0 Å². The number of fused-ring (bicyclic) bond motifs is 2. The first-order valence-electron chi connectivity index (χ1n) is 6.71. The SMILES string of the molecule is O=C(c1cccnc1F)C1CC2CCCC(C1)S2=O. The molecule has 2 saturated heterocycles. The molecule has 0 amide bonds. The summed E-state index contributed by atoms with van der Waals surface area (Å²) in [7, 11) is -0.797. The maximum Gasteiger partial charge on any atom is 0.223 e. The summed E-state index contributed by atoms with van der Waals surface area (Å²) in [5.74, 6) is -1.05. The fourth-order valence-corrected chi connectivity index (χ4v) is 5.42. The minimum absolute atomic E-state index is 0.0817. The zero-order chi connectivity index (χ0) is 13.4. The van der Waals surface area contributed by atoms with Gasteiger partial charge >= 0.3 is 0 Å². The van der Waals surface area contributed by atoms with Crippen LogP contribution >= 0.6 is 0 Å². The number of Topliss-reactive ketones (excluding diaryl/α,β-unsaturated/α-hetero) is 1. The Morgan fingerprint density at radius 1 is 1.32 bits per heavy atom. The quantitative estimate of drug-likeness (QED) is 0.618. The van der Waals surface area contributed by atoms with Crippen LogP contribution in [0.15, 0.2) is 18.3 Å². The second-order valence-electron chi connectivity index (χ2n) is 5.38. The number of pyridine rings is 1. The van der Waals surface area contributed by atoms with Crippen LogP contribution in [0.3, 0.4) is 0 Å². The summed E-state index contributed by atoms with van der Waals surface area (Å²) >= 11 is 0. The van der Waals surface area contributed by atoms with Gasteiger partial charge in [-0.15, -0.1) is 0 Å². The molecule has 5 heteroatoms. The monoisotopic (exact) mass is 281 g/mol. The molecule has 0 aliphatic carbocycles. The number of carbonyl (C=O) groups is 1. The average molecular weight is 281 g/mol. The van der Waals surface area contributed by atoms with Crippen LogP contribution in [0, 0.1) is 11.9 Å². The van der Waals surface area contributed by atoms with Crippen molar-refractivity contribution in [3.8, 4) is 0 Å². The molecule has 2 unspecified atom stereocenters. The van der Waals surface area contributed by atoms with Crippen molar-refractivity contribution in [1.82, 2.24) is 4.98 Å². The molecular formula is C14H16FNO2S. The van der Waals surface area contributed by atoms with Crippen molar-refractivity contribution in [2.45, 2.75) is 42.6 Å². The average Bonchev–Trinajstić information content (AvgIpc) is 2.38.